The molecule has 1 heterocycles. The van der Waals surface area contributed by atoms with Gasteiger partial charge in [-0.3, -0.25) is 0 Å². The van der Waals surface area contributed by atoms with Gasteiger partial charge in [0.25, 0.3) is 0 Å². The van der Waals surface area contributed by atoms with E-state index in [-0.39, 0.29) is 5.82 Å². The molecule has 0 amide bonds. The van der Waals surface area contributed by atoms with Crippen molar-refractivity contribution in [1.29, 1.82) is 0 Å². The summed E-state index contributed by atoms with van der Waals surface area (Å²) in [5.74, 6) is 0.562. The van der Waals surface area contributed by atoms with E-state index in [0.29, 0.717) is 23.7 Å². The standard InChI is InChI=1S/C16H24BFO3/c1-11(2)10-19-12-7-8-13(14(18)9-12)17-20-15(3,4)16(5,6)21-17/h7-9,11H,10H2,1-6H3. The van der Waals surface area contributed by atoms with Crippen LogP contribution in [-0.4, -0.2) is 24.9 Å². The Labute approximate surface area is 126 Å². The highest BCUT2D eigenvalue weighted by atomic mass is 19.1. The molecule has 1 saturated heterocycles. The Bertz CT molecular complexity index is 498. The molecule has 1 fully saturated rings. The van der Waals surface area contributed by atoms with E-state index in [1.807, 2.05) is 27.7 Å². The first kappa shape index (κ1) is 16.3. The van der Waals surface area contributed by atoms with Gasteiger partial charge in [-0.25, -0.2) is 4.39 Å². The minimum Gasteiger partial charge on any atom is -0.493 e. The minimum atomic E-state index is -0.686. The van der Waals surface area contributed by atoms with Crippen molar-refractivity contribution in [3.63, 3.8) is 0 Å². The van der Waals surface area contributed by atoms with E-state index in [2.05, 4.69) is 13.8 Å². The first-order chi connectivity index (χ1) is 9.62. The van der Waals surface area contributed by atoms with Gasteiger partial charge in [0, 0.05) is 11.5 Å². The summed E-state index contributed by atoms with van der Waals surface area (Å²) in [7, 11) is -0.686. The number of hydrogen-bond donors (Lipinski definition) is 0. The molecule has 0 aromatic heterocycles. The number of ether oxygens (including phenoxy) is 1. The van der Waals surface area contributed by atoms with Gasteiger partial charge in [-0.05, 0) is 39.7 Å². The van der Waals surface area contributed by atoms with Gasteiger partial charge in [-0.2, -0.15) is 0 Å². The lowest BCUT2D eigenvalue weighted by molar-refractivity contribution is 0.00578. The van der Waals surface area contributed by atoms with E-state index in [1.54, 1.807) is 12.1 Å². The molecule has 1 aromatic carbocycles. The fourth-order valence-electron chi connectivity index (χ4n) is 2.02. The second kappa shape index (κ2) is 5.62. The van der Waals surface area contributed by atoms with Gasteiger partial charge in [-0.15, -0.1) is 0 Å². The van der Waals surface area contributed by atoms with Gasteiger partial charge < -0.3 is 14.0 Å². The van der Waals surface area contributed by atoms with Gasteiger partial charge in [0.15, 0.2) is 0 Å². The Morgan fingerprint density at radius 3 is 2.19 bits per heavy atom. The molecule has 21 heavy (non-hydrogen) atoms. The minimum absolute atomic E-state index is 0.366. The monoisotopic (exact) mass is 294 g/mol. The normalized spacial score (nSPS) is 20.1. The molecule has 0 N–H and O–H groups in total. The first-order valence-corrected chi connectivity index (χ1v) is 7.40. The zero-order valence-electron chi connectivity index (χ0n) is 13.7. The third-order valence-corrected chi connectivity index (χ3v) is 4.06. The smallest absolute Gasteiger partial charge is 0.493 e. The Hall–Kier alpha value is -1.07. The number of hydrogen-bond acceptors (Lipinski definition) is 3. The average Bonchev–Trinajstić information content (AvgIpc) is 2.55. The van der Waals surface area contributed by atoms with Crippen LogP contribution in [0.3, 0.4) is 0 Å². The summed E-state index contributed by atoms with van der Waals surface area (Å²) < 4.78 is 31.5. The molecule has 0 atom stereocenters. The fraction of sp³-hybridized carbons (Fsp3) is 0.625. The Morgan fingerprint density at radius 1 is 1.14 bits per heavy atom. The van der Waals surface area contributed by atoms with Crippen molar-refractivity contribution in [2.24, 2.45) is 5.92 Å². The summed E-state index contributed by atoms with van der Waals surface area (Å²) >= 11 is 0. The second-order valence-electron chi connectivity index (χ2n) is 6.98. The van der Waals surface area contributed by atoms with E-state index < -0.39 is 18.3 Å². The molecular formula is C16H24BFO3. The molecule has 1 aromatic rings. The Kier molecular flexibility index (Phi) is 4.36. The van der Waals surface area contributed by atoms with Crippen LogP contribution in [0.1, 0.15) is 41.5 Å². The molecule has 2 rings (SSSR count). The van der Waals surface area contributed by atoms with Crippen LogP contribution in [0, 0.1) is 11.7 Å². The highest BCUT2D eigenvalue weighted by molar-refractivity contribution is 6.62. The molecule has 3 nitrogen and oxygen atoms in total. The maximum atomic E-state index is 14.3. The lowest BCUT2D eigenvalue weighted by Gasteiger charge is -2.32. The zero-order valence-corrected chi connectivity index (χ0v) is 13.7. The van der Waals surface area contributed by atoms with Crippen molar-refractivity contribution in [2.45, 2.75) is 52.7 Å². The number of benzene rings is 1. The summed E-state index contributed by atoms with van der Waals surface area (Å²) in [5, 5.41) is 0. The summed E-state index contributed by atoms with van der Waals surface area (Å²) in [6, 6.07) is 4.82. The van der Waals surface area contributed by atoms with Crippen molar-refractivity contribution in [3.05, 3.63) is 24.0 Å². The topological polar surface area (TPSA) is 27.7 Å². The molecule has 5 heteroatoms. The predicted molar refractivity (Wildman–Crippen MR) is 82.4 cm³/mol. The van der Waals surface area contributed by atoms with Crippen LogP contribution in [0.25, 0.3) is 0 Å². The maximum Gasteiger partial charge on any atom is 0.497 e. The van der Waals surface area contributed by atoms with Crippen molar-refractivity contribution >= 4 is 12.6 Å². The third-order valence-electron chi connectivity index (χ3n) is 4.06. The van der Waals surface area contributed by atoms with Crippen LogP contribution in [0.15, 0.2) is 18.2 Å². The lowest BCUT2D eigenvalue weighted by atomic mass is 9.78. The van der Waals surface area contributed by atoms with E-state index >= 15 is 0 Å². The molecule has 1 aliphatic heterocycles. The SMILES string of the molecule is CC(C)COc1ccc(B2OC(C)(C)C(C)(C)O2)c(F)c1. The van der Waals surface area contributed by atoms with Crippen LogP contribution >= 0.6 is 0 Å². The van der Waals surface area contributed by atoms with E-state index in [9.17, 15) is 4.39 Å². The molecule has 1 aliphatic rings. The summed E-state index contributed by atoms with van der Waals surface area (Å²) in [6.07, 6.45) is 0. The quantitative estimate of drug-likeness (QED) is 0.798. The van der Waals surface area contributed by atoms with Crippen LogP contribution in [0.4, 0.5) is 4.39 Å². The lowest BCUT2D eigenvalue weighted by Crippen LogP contribution is -2.41. The fourth-order valence-corrected chi connectivity index (χ4v) is 2.02. The number of rotatable bonds is 4. The number of halogens is 1. The summed E-state index contributed by atoms with van der Waals surface area (Å²) in [6.45, 7) is 12.5. The van der Waals surface area contributed by atoms with Gasteiger partial charge >= 0.3 is 7.12 Å². The largest absolute Gasteiger partial charge is 0.497 e. The van der Waals surface area contributed by atoms with Crippen LogP contribution < -0.4 is 10.2 Å². The van der Waals surface area contributed by atoms with Crippen molar-refractivity contribution < 1.29 is 18.4 Å². The molecule has 0 saturated carbocycles. The molecule has 0 aliphatic carbocycles. The summed E-state index contributed by atoms with van der Waals surface area (Å²) in [4.78, 5) is 0. The molecular weight excluding hydrogens is 270 g/mol. The Morgan fingerprint density at radius 2 is 1.71 bits per heavy atom. The van der Waals surface area contributed by atoms with Crippen molar-refractivity contribution in [3.8, 4) is 5.75 Å². The van der Waals surface area contributed by atoms with Gasteiger partial charge in [0.05, 0.1) is 17.8 Å². The highest BCUT2D eigenvalue weighted by Crippen LogP contribution is 2.36. The predicted octanol–water partition coefficient (Wildman–Crippen LogP) is 3.16. The third kappa shape index (κ3) is 3.41. The van der Waals surface area contributed by atoms with Crippen LogP contribution in [-0.2, 0) is 9.31 Å². The van der Waals surface area contributed by atoms with Crippen LogP contribution in [0.2, 0.25) is 0 Å². The van der Waals surface area contributed by atoms with E-state index in [1.165, 1.54) is 6.07 Å². The van der Waals surface area contributed by atoms with E-state index in [0.717, 1.165) is 0 Å². The van der Waals surface area contributed by atoms with Gasteiger partial charge in [0.1, 0.15) is 11.6 Å². The molecule has 116 valence electrons. The molecule has 0 radical (unpaired) electrons. The molecule has 0 unspecified atom stereocenters. The summed E-state index contributed by atoms with van der Waals surface area (Å²) in [5.41, 5.74) is -0.543. The van der Waals surface area contributed by atoms with Crippen molar-refractivity contribution in [2.75, 3.05) is 6.61 Å². The maximum absolute atomic E-state index is 14.3. The van der Waals surface area contributed by atoms with Gasteiger partial charge in [0.2, 0.25) is 0 Å². The van der Waals surface area contributed by atoms with E-state index in [4.69, 9.17) is 14.0 Å². The van der Waals surface area contributed by atoms with Crippen LogP contribution in [0.5, 0.6) is 5.75 Å². The second-order valence-corrected chi connectivity index (χ2v) is 6.98. The van der Waals surface area contributed by atoms with Crippen molar-refractivity contribution in [1.82, 2.24) is 0 Å². The average molecular weight is 294 g/mol. The first-order valence-electron chi connectivity index (χ1n) is 7.40. The molecule has 0 bridgehead atoms. The Balaban J connectivity index is 2.15. The zero-order chi connectivity index (χ0) is 15.8. The highest BCUT2D eigenvalue weighted by Gasteiger charge is 2.52. The van der Waals surface area contributed by atoms with Gasteiger partial charge in [-0.1, -0.05) is 19.9 Å². The molecule has 0 spiro atoms.